The number of aliphatic hydroxyl groups is 3. The summed E-state index contributed by atoms with van der Waals surface area (Å²) in [6, 6.07) is 23.1. The van der Waals surface area contributed by atoms with Crippen LogP contribution < -0.4 is 5.32 Å². The number of benzene rings is 3. The van der Waals surface area contributed by atoms with Gasteiger partial charge in [-0.1, -0.05) is 80.6 Å². The number of Topliss-reactive ketones (excluding diaryl/α,β-unsaturated/α-hetero) is 1. The normalized spacial score (nSPS) is 29.8. The molecule has 3 fully saturated rings. The summed E-state index contributed by atoms with van der Waals surface area (Å²) in [7, 11) is 0. The Labute approximate surface area is 404 Å². The third kappa shape index (κ3) is 8.62. The molecule has 3 aromatic carbocycles. The van der Waals surface area contributed by atoms with Gasteiger partial charge in [0.1, 0.15) is 41.7 Å². The monoisotopic (exact) mass is 962 g/mol. The van der Waals surface area contributed by atoms with E-state index < -0.39 is 118 Å². The Morgan fingerprint density at radius 2 is 1.51 bits per heavy atom. The lowest BCUT2D eigenvalue weighted by Crippen LogP contribution is -2.81. The Morgan fingerprint density at radius 3 is 2.14 bits per heavy atom. The SMILES string of the molecule is CC(=O)O[C@@]12CO[C@@H]1C[C@H](O)[C@@]1(C)C(=O)[C@H](O)C3=C(C)[C@@H](OC(=O)[C@H](OC(=O)c4cnc5ccccc5c4)[C@@H](NC(=O)OC(C)(C)C)c4ccccc4)C[C@@](O)([C@@H](OC(=O)c4ccccc4)[C@H]21)C3(C)C. The van der Waals surface area contributed by atoms with Gasteiger partial charge in [0.05, 0.1) is 40.7 Å². The lowest BCUT2D eigenvalue weighted by atomic mass is 9.44. The summed E-state index contributed by atoms with van der Waals surface area (Å²) in [4.78, 5) is 90.1. The molecule has 3 aliphatic carbocycles. The third-order valence-electron chi connectivity index (χ3n) is 14.6. The zero-order valence-electron chi connectivity index (χ0n) is 40.2. The summed E-state index contributed by atoms with van der Waals surface area (Å²) in [5.74, 6) is -6.52. The first-order chi connectivity index (χ1) is 32.9. The van der Waals surface area contributed by atoms with Crippen molar-refractivity contribution >= 4 is 46.7 Å². The number of nitrogens with zero attached hydrogens (tertiary/aromatic N) is 1. The van der Waals surface area contributed by atoms with Crippen molar-refractivity contribution in [1.29, 1.82) is 0 Å². The minimum Gasteiger partial charge on any atom is -0.455 e. The third-order valence-corrected chi connectivity index (χ3v) is 14.6. The van der Waals surface area contributed by atoms with Gasteiger partial charge in [-0.25, -0.2) is 19.2 Å². The zero-order valence-corrected chi connectivity index (χ0v) is 40.2. The molecule has 1 saturated heterocycles. The highest BCUT2D eigenvalue weighted by Gasteiger charge is 2.78. The molecule has 370 valence electrons. The Bertz CT molecular complexity index is 2750. The van der Waals surface area contributed by atoms with E-state index in [0.29, 0.717) is 16.5 Å². The summed E-state index contributed by atoms with van der Waals surface area (Å²) < 4.78 is 36.4. The Balaban J connectivity index is 1.27. The predicted octanol–water partition coefficient (Wildman–Crippen LogP) is 5.67. The van der Waals surface area contributed by atoms with Crippen LogP contribution in [-0.2, 0) is 42.8 Å². The number of alkyl carbamates (subject to hydrolysis) is 1. The fourth-order valence-electron chi connectivity index (χ4n) is 11.0. The maximum absolute atomic E-state index is 15.3. The first kappa shape index (κ1) is 49.9. The first-order valence-corrected chi connectivity index (χ1v) is 23.1. The van der Waals surface area contributed by atoms with Crippen LogP contribution >= 0.6 is 0 Å². The number of carbonyl (C=O) groups excluding carboxylic acids is 6. The summed E-state index contributed by atoms with van der Waals surface area (Å²) in [6.07, 6.45) is -10.6. The number of ketones is 1. The number of rotatable bonds is 10. The number of fused-ring (bicyclic) bond motifs is 6. The molecule has 70 heavy (non-hydrogen) atoms. The van der Waals surface area contributed by atoms with Crippen molar-refractivity contribution in [3.63, 3.8) is 0 Å². The van der Waals surface area contributed by atoms with Crippen LogP contribution in [0.15, 0.2) is 108 Å². The fourth-order valence-corrected chi connectivity index (χ4v) is 11.0. The number of nitrogens with one attached hydrogen (secondary N) is 1. The molecule has 17 heteroatoms. The number of hydrogen-bond acceptors (Lipinski definition) is 16. The van der Waals surface area contributed by atoms with Gasteiger partial charge < -0.3 is 49.1 Å². The highest BCUT2D eigenvalue weighted by molar-refractivity contribution is 5.96. The number of para-hydroxylation sites is 1. The summed E-state index contributed by atoms with van der Waals surface area (Å²) in [6.45, 7) is 11.7. The average molecular weight is 963 g/mol. The van der Waals surface area contributed by atoms with Crippen molar-refractivity contribution in [2.75, 3.05) is 6.61 Å². The highest BCUT2D eigenvalue weighted by Crippen LogP contribution is 2.64. The van der Waals surface area contributed by atoms with Crippen LogP contribution in [0.5, 0.6) is 0 Å². The summed E-state index contributed by atoms with van der Waals surface area (Å²) >= 11 is 0. The van der Waals surface area contributed by atoms with Crippen molar-refractivity contribution in [1.82, 2.24) is 10.3 Å². The second-order valence-corrected chi connectivity index (χ2v) is 20.4. The van der Waals surface area contributed by atoms with E-state index in [2.05, 4.69) is 10.3 Å². The lowest BCUT2D eigenvalue weighted by Gasteiger charge is -2.67. The Kier molecular flexibility index (Phi) is 13.1. The van der Waals surface area contributed by atoms with Gasteiger partial charge in [-0.15, -0.1) is 0 Å². The van der Waals surface area contributed by atoms with Crippen LogP contribution in [0.25, 0.3) is 10.9 Å². The largest absolute Gasteiger partial charge is 0.455 e. The number of pyridine rings is 1. The molecule has 0 radical (unpaired) electrons. The van der Waals surface area contributed by atoms with Gasteiger partial charge in [-0.3, -0.25) is 14.6 Å². The fraction of sp³-hybridized carbons (Fsp3) is 0.453. The smallest absolute Gasteiger partial charge is 0.408 e. The van der Waals surface area contributed by atoms with Gasteiger partial charge in [0.25, 0.3) is 0 Å². The number of aromatic nitrogens is 1. The van der Waals surface area contributed by atoms with E-state index in [9.17, 15) is 34.5 Å². The molecule has 1 amide bonds. The topological polar surface area (TPSA) is 243 Å². The molecular weight excluding hydrogens is 905 g/mol. The van der Waals surface area contributed by atoms with E-state index in [1.165, 1.54) is 52.1 Å². The Hall–Kier alpha value is -6.53. The van der Waals surface area contributed by atoms with Crippen LogP contribution in [0.4, 0.5) is 4.79 Å². The molecular formula is C53H58N2O15. The quantitative estimate of drug-likeness (QED) is 0.0850. The molecule has 2 heterocycles. The number of aliphatic hydroxyl groups excluding tert-OH is 2. The van der Waals surface area contributed by atoms with Crippen molar-refractivity contribution in [2.45, 2.75) is 128 Å². The molecule has 11 atom stereocenters. The van der Waals surface area contributed by atoms with Crippen molar-refractivity contribution < 1.29 is 72.5 Å². The van der Waals surface area contributed by atoms with E-state index in [1.54, 1.807) is 93.6 Å². The number of amides is 1. The Morgan fingerprint density at radius 1 is 0.871 bits per heavy atom. The van der Waals surface area contributed by atoms with Gasteiger partial charge in [-0.2, -0.15) is 0 Å². The molecule has 4 N–H and O–H groups in total. The van der Waals surface area contributed by atoms with Gasteiger partial charge in [-0.05, 0) is 75.6 Å². The number of hydrogen-bond donors (Lipinski definition) is 4. The minimum atomic E-state index is -2.44. The second kappa shape index (κ2) is 18.3. The molecule has 2 saturated carbocycles. The number of carbonyl (C=O) groups is 6. The van der Waals surface area contributed by atoms with Gasteiger partial charge >= 0.3 is 30.0 Å². The predicted molar refractivity (Wildman–Crippen MR) is 249 cm³/mol. The van der Waals surface area contributed by atoms with E-state index in [1.807, 2.05) is 0 Å². The standard InChI is InChI=1S/C53H58N2O15/c1-28-35(66-47(62)41(67-46(61)33-23-32-21-15-16-22-34(32)54-26-33)39(30-17-11-9-12-18-30)55-48(63)70-49(3,4)5)25-53(64)44(68-45(60)31-19-13-10-14-20-31)42-51(8,43(59)40(58)38(28)50(53,6)7)36(57)24-37-52(42,27-65-37)69-29(2)56/h9-23,26,35-37,39-42,44,57-58,64H,24-25,27H2,1-8H3,(H,55,63)/t35-,36-,37+,39-,40+,41+,42-,44-,51+,52-,53+/m0/s1. The van der Waals surface area contributed by atoms with Crippen LogP contribution in [0.2, 0.25) is 0 Å². The maximum Gasteiger partial charge on any atom is 0.408 e. The molecule has 2 bridgehead atoms. The molecule has 4 aromatic rings. The number of ether oxygens (including phenoxy) is 6. The van der Waals surface area contributed by atoms with Crippen molar-refractivity contribution in [3.05, 3.63) is 125 Å². The number of esters is 4. The minimum absolute atomic E-state index is 0.0442. The van der Waals surface area contributed by atoms with Crippen molar-refractivity contribution in [2.24, 2.45) is 16.7 Å². The van der Waals surface area contributed by atoms with Crippen LogP contribution in [-0.4, -0.2) is 116 Å². The van der Waals surface area contributed by atoms with Crippen LogP contribution in [0.3, 0.4) is 0 Å². The van der Waals surface area contributed by atoms with Gasteiger partial charge in [0, 0.05) is 36.8 Å². The second-order valence-electron chi connectivity index (χ2n) is 20.4. The van der Waals surface area contributed by atoms with Crippen LogP contribution in [0, 0.1) is 16.7 Å². The van der Waals surface area contributed by atoms with E-state index in [-0.39, 0.29) is 35.3 Å². The van der Waals surface area contributed by atoms with E-state index in [4.69, 9.17) is 28.4 Å². The maximum atomic E-state index is 15.3. The lowest BCUT2D eigenvalue weighted by molar-refractivity contribution is -0.346. The molecule has 8 rings (SSSR count). The molecule has 0 unspecified atom stereocenters. The molecule has 0 spiro atoms. The molecule has 1 aliphatic heterocycles. The average Bonchev–Trinajstić information content (AvgIpc) is 3.30. The van der Waals surface area contributed by atoms with Gasteiger partial charge in [0.15, 0.2) is 11.4 Å². The van der Waals surface area contributed by atoms with Crippen molar-refractivity contribution in [3.8, 4) is 0 Å². The van der Waals surface area contributed by atoms with Crippen LogP contribution in [0.1, 0.15) is 101 Å². The molecule has 1 aromatic heterocycles. The zero-order chi connectivity index (χ0) is 50.7. The highest BCUT2D eigenvalue weighted by atomic mass is 16.6. The summed E-state index contributed by atoms with van der Waals surface area (Å²) in [5.41, 5.74) is -8.10. The van der Waals surface area contributed by atoms with E-state index in [0.717, 1.165) is 6.92 Å². The summed E-state index contributed by atoms with van der Waals surface area (Å²) in [5, 5.41) is 41.6. The molecule has 4 aliphatic rings. The first-order valence-electron chi connectivity index (χ1n) is 23.1. The van der Waals surface area contributed by atoms with Gasteiger partial charge in [0.2, 0.25) is 6.10 Å². The van der Waals surface area contributed by atoms with E-state index >= 15 is 9.59 Å². The molecule has 17 nitrogen and oxygen atoms in total.